The van der Waals surface area contributed by atoms with E-state index < -0.39 is 5.91 Å². The Labute approximate surface area is 198 Å². The molecule has 0 bridgehead atoms. The highest BCUT2D eigenvalue weighted by Crippen LogP contribution is 2.24. The molecule has 0 radical (unpaired) electrons. The molecule has 0 unspecified atom stereocenters. The van der Waals surface area contributed by atoms with E-state index in [0.29, 0.717) is 24.1 Å². The Morgan fingerprint density at radius 3 is 2.48 bits per heavy atom. The summed E-state index contributed by atoms with van der Waals surface area (Å²) >= 11 is 1.24. The zero-order valence-corrected chi connectivity index (χ0v) is 20.1. The average molecular weight is 467 g/mol. The van der Waals surface area contributed by atoms with Crippen molar-refractivity contribution in [2.75, 3.05) is 30.3 Å². The van der Waals surface area contributed by atoms with E-state index in [1.807, 2.05) is 37.3 Å². The Morgan fingerprint density at radius 2 is 1.82 bits per heavy atom. The molecular weight excluding hydrogens is 436 g/mol. The Balaban J connectivity index is 1.59. The number of hydrogen-bond donors (Lipinski definition) is 2. The number of aryl methyl sites for hydroxylation is 2. The number of amides is 2. The fourth-order valence-corrected chi connectivity index (χ4v) is 4.27. The summed E-state index contributed by atoms with van der Waals surface area (Å²) in [5.41, 5.74) is 9.70. The molecule has 1 aromatic heterocycles. The topological polar surface area (TPSA) is 106 Å². The molecule has 0 atom stereocenters. The highest BCUT2D eigenvalue weighted by molar-refractivity contribution is 7.99. The van der Waals surface area contributed by atoms with Gasteiger partial charge in [-0.25, -0.2) is 0 Å². The highest BCUT2D eigenvalue weighted by Gasteiger charge is 2.17. The molecular formula is C24H30N6O2S. The van der Waals surface area contributed by atoms with Crippen molar-refractivity contribution in [2.24, 2.45) is 5.73 Å². The molecule has 0 fully saturated rings. The molecule has 0 aliphatic heterocycles. The van der Waals surface area contributed by atoms with Crippen molar-refractivity contribution in [3.63, 3.8) is 0 Å². The number of benzene rings is 2. The Hall–Kier alpha value is -3.33. The van der Waals surface area contributed by atoms with Gasteiger partial charge < -0.3 is 16.0 Å². The van der Waals surface area contributed by atoms with Gasteiger partial charge in [0.25, 0.3) is 0 Å². The van der Waals surface area contributed by atoms with Crippen molar-refractivity contribution in [3.8, 4) is 11.4 Å². The first-order chi connectivity index (χ1) is 15.9. The molecule has 0 aliphatic carbocycles. The van der Waals surface area contributed by atoms with E-state index in [4.69, 9.17) is 5.73 Å². The third-order valence-electron chi connectivity index (χ3n) is 5.09. The van der Waals surface area contributed by atoms with Crippen molar-refractivity contribution < 1.29 is 9.59 Å². The maximum absolute atomic E-state index is 12.4. The van der Waals surface area contributed by atoms with Crippen molar-refractivity contribution in [1.82, 2.24) is 20.1 Å². The van der Waals surface area contributed by atoms with Crippen LogP contribution in [0, 0.1) is 13.8 Å². The summed E-state index contributed by atoms with van der Waals surface area (Å²) in [5.74, 6) is 0.121. The lowest BCUT2D eigenvalue weighted by molar-refractivity contribution is -0.119. The monoisotopic (exact) mass is 466 g/mol. The second-order valence-electron chi connectivity index (χ2n) is 7.79. The first-order valence-electron chi connectivity index (χ1n) is 10.9. The van der Waals surface area contributed by atoms with Gasteiger partial charge in [-0.15, -0.1) is 10.2 Å². The summed E-state index contributed by atoms with van der Waals surface area (Å²) in [4.78, 5) is 26.3. The number of anilines is 1. The summed E-state index contributed by atoms with van der Waals surface area (Å²) in [6.45, 7) is 8.19. The molecule has 2 aromatic carbocycles. The van der Waals surface area contributed by atoms with E-state index in [1.54, 1.807) is 4.57 Å². The van der Waals surface area contributed by atoms with Crippen LogP contribution in [0.3, 0.4) is 0 Å². The molecule has 2 amide bonds. The maximum atomic E-state index is 12.4. The van der Waals surface area contributed by atoms with Gasteiger partial charge in [-0.05, 0) is 44.5 Å². The van der Waals surface area contributed by atoms with Crippen molar-refractivity contribution in [1.29, 1.82) is 0 Å². The second kappa shape index (κ2) is 11.5. The van der Waals surface area contributed by atoms with E-state index >= 15 is 0 Å². The van der Waals surface area contributed by atoms with E-state index in [9.17, 15) is 9.59 Å². The number of likely N-dealkylation sites (N-methyl/N-ethyl adjacent to an activating group) is 1. The van der Waals surface area contributed by atoms with Gasteiger partial charge >= 0.3 is 0 Å². The molecule has 9 heteroatoms. The van der Waals surface area contributed by atoms with Gasteiger partial charge in [-0.1, -0.05) is 47.7 Å². The summed E-state index contributed by atoms with van der Waals surface area (Å²) in [6, 6.07) is 16.1. The molecule has 174 valence electrons. The number of nitrogens with two attached hydrogens (primary N) is 1. The van der Waals surface area contributed by atoms with Crippen LogP contribution in [-0.4, -0.2) is 52.0 Å². The van der Waals surface area contributed by atoms with E-state index in [2.05, 4.69) is 52.5 Å². The van der Waals surface area contributed by atoms with Crippen molar-refractivity contribution >= 4 is 29.3 Å². The molecule has 3 N–H and O–H groups in total. The Bertz CT molecular complexity index is 1110. The lowest BCUT2D eigenvalue weighted by Crippen LogP contribution is -2.35. The maximum Gasteiger partial charge on any atom is 0.237 e. The number of aromatic nitrogens is 3. The molecule has 3 aromatic rings. The van der Waals surface area contributed by atoms with Crippen LogP contribution in [0.15, 0.2) is 53.7 Å². The fourth-order valence-electron chi connectivity index (χ4n) is 3.50. The third-order valence-corrected chi connectivity index (χ3v) is 6.06. The minimum absolute atomic E-state index is 0.0534. The summed E-state index contributed by atoms with van der Waals surface area (Å²) < 4.78 is 1.66. The molecule has 0 spiro atoms. The first kappa shape index (κ1) is 24.3. The van der Waals surface area contributed by atoms with Crippen LogP contribution in [0.5, 0.6) is 0 Å². The van der Waals surface area contributed by atoms with E-state index in [0.717, 1.165) is 23.4 Å². The lowest BCUT2D eigenvalue weighted by atomic mass is 10.1. The zero-order chi connectivity index (χ0) is 23.8. The number of primary amides is 1. The van der Waals surface area contributed by atoms with Gasteiger partial charge in [0, 0.05) is 30.9 Å². The van der Waals surface area contributed by atoms with Crippen LogP contribution in [0.4, 0.5) is 5.69 Å². The van der Waals surface area contributed by atoms with E-state index in [1.165, 1.54) is 17.3 Å². The molecule has 8 nitrogen and oxygen atoms in total. The predicted molar refractivity (Wildman–Crippen MR) is 132 cm³/mol. The zero-order valence-electron chi connectivity index (χ0n) is 19.2. The minimum Gasteiger partial charge on any atom is -0.370 e. The largest absolute Gasteiger partial charge is 0.370 e. The van der Waals surface area contributed by atoms with Crippen molar-refractivity contribution in [3.05, 3.63) is 59.7 Å². The molecule has 3 rings (SSSR count). The Morgan fingerprint density at radius 1 is 1.09 bits per heavy atom. The average Bonchev–Trinajstić information content (AvgIpc) is 3.17. The molecule has 1 heterocycles. The van der Waals surface area contributed by atoms with Crippen LogP contribution in [0.25, 0.3) is 11.4 Å². The number of rotatable bonds is 11. The second-order valence-corrected chi connectivity index (χ2v) is 8.73. The summed E-state index contributed by atoms with van der Waals surface area (Å²) in [6.07, 6.45) is 0. The van der Waals surface area contributed by atoms with Gasteiger partial charge in [0.15, 0.2) is 11.0 Å². The molecule has 0 aliphatic rings. The predicted octanol–water partition coefficient (Wildman–Crippen LogP) is 2.78. The van der Waals surface area contributed by atoms with Gasteiger partial charge in [0.2, 0.25) is 11.8 Å². The molecule has 33 heavy (non-hydrogen) atoms. The summed E-state index contributed by atoms with van der Waals surface area (Å²) in [5, 5.41) is 11.9. The normalized spacial score (nSPS) is 10.8. The van der Waals surface area contributed by atoms with E-state index in [-0.39, 0.29) is 18.2 Å². The van der Waals surface area contributed by atoms with Crippen LogP contribution in [0.1, 0.15) is 18.1 Å². The molecule has 0 saturated heterocycles. The van der Waals surface area contributed by atoms with Gasteiger partial charge in [-0.2, -0.15) is 0 Å². The quantitative estimate of drug-likeness (QED) is 0.421. The smallest absolute Gasteiger partial charge is 0.237 e. The molecule has 0 saturated carbocycles. The van der Waals surface area contributed by atoms with Gasteiger partial charge in [-0.3, -0.25) is 14.2 Å². The number of thioether (sulfide) groups is 1. The third kappa shape index (κ3) is 6.82. The highest BCUT2D eigenvalue weighted by atomic mass is 32.2. The van der Waals surface area contributed by atoms with Crippen LogP contribution >= 0.6 is 11.8 Å². The SMILES string of the molecule is CCN(CCNC(=O)CSc1nnc(-c2cccc(C)c2)n1CC(N)=O)c1cccc(C)c1. The minimum atomic E-state index is -0.495. The standard InChI is InChI=1S/C24H30N6O2S/c1-4-29(20-10-6-8-18(3)14-20)12-11-26-22(32)16-33-24-28-27-23(30(24)15-21(25)31)19-9-5-7-17(2)13-19/h5-10,13-14H,4,11-12,15-16H2,1-3H3,(H2,25,31)(H,26,32). The number of carbonyl (C=O) groups is 2. The van der Waals surface area contributed by atoms with Crippen LogP contribution in [-0.2, 0) is 16.1 Å². The van der Waals surface area contributed by atoms with Crippen LogP contribution < -0.4 is 16.0 Å². The number of nitrogens with one attached hydrogen (secondary N) is 1. The van der Waals surface area contributed by atoms with Crippen LogP contribution in [0.2, 0.25) is 0 Å². The number of carbonyl (C=O) groups excluding carboxylic acids is 2. The van der Waals surface area contributed by atoms with Gasteiger partial charge in [0.1, 0.15) is 6.54 Å². The van der Waals surface area contributed by atoms with Gasteiger partial charge in [0.05, 0.1) is 5.75 Å². The Kier molecular flexibility index (Phi) is 8.48. The first-order valence-corrected chi connectivity index (χ1v) is 11.9. The van der Waals surface area contributed by atoms with Crippen molar-refractivity contribution in [2.45, 2.75) is 32.5 Å². The number of hydrogen-bond acceptors (Lipinski definition) is 6. The summed E-state index contributed by atoms with van der Waals surface area (Å²) in [7, 11) is 0. The number of nitrogens with zero attached hydrogens (tertiary/aromatic N) is 4. The fraction of sp³-hybridized carbons (Fsp3) is 0.333. The lowest BCUT2D eigenvalue weighted by Gasteiger charge is -2.23.